The number of nitrogens with zero attached hydrogens (tertiary/aromatic N) is 2. The predicted octanol–water partition coefficient (Wildman–Crippen LogP) is 4.76. The van der Waals surface area contributed by atoms with Crippen LogP contribution in [0.1, 0.15) is 30.4 Å². The Morgan fingerprint density at radius 2 is 1.55 bits per heavy atom. The van der Waals surface area contributed by atoms with Crippen LogP contribution in [0, 0.1) is 0 Å². The molecule has 33 heavy (non-hydrogen) atoms. The molecule has 0 atom stereocenters. The van der Waals surface area contributed by atoms with E-state index in [1.165, 1.54) is 19.3 Å². The van der Waals surface area contributed by atoms with Crippen LogP contribution in [0.3, 0.4) is 0 Å². The third-order valence-electron chi connectivity index (χ3n) is 5.66. The fraction of sp³-hybridized carbons (Fsp3) is 0.269. The standard InChI is InChI=1S/C26H30N4O2S/c31-33(32,28-16-19-30-17-2-1-3-18-30)26-9-5-8-25(21-26)29-24-7-4-6-23(20-24)11-10-22-12-14-27-15-13-22/h4-15,20-21,28-29H,1-3,16-19H2/b11-10+. The molecule has 0 aliphatic carbocycles. The average molecular weight is 463 g/mol. The van der Waals surface area contributed by atoms with Gasteiger partial charge in [0, 0.05) is 36.9 Å². The fourth-order valence-electron chi connectivity index (χ4n) is 3.90. The van der Waals surface area contributed by atoms with Crippen molar-refractivity contribution in [2.24, 2.45) is 0 Å². The van der Waals surface area contributed by atoms with Crippen LogP contribution in [0.15, 0.2) is 78.0 Å². The molecule has 7 heteroatoms. The number of pyridine rings is 1. The monoisotopic (exact) mass is 462 g/mol. The van der Waals surface area contributed by atoms with Crippen LogP contribution in [0.2, 0.25) is 0 Å². The number of aromatic nitrogens is 1. The zero-order valence-electron chi connectivity index (χ0n) is 18.7. The van der Waals surface area contributed by atoms with Crippen molar-refractivity contribution >= 4 is 33.6 Å². The summed E-state index contributed by atoms with van der Waals surface area (Å²) >= 11 is 0. The van der Waals surface area contributed by atoms with Gasteiger partial charge in [0.05, 0.1) is 4.90 Å². The molecule has 0 unspecified atom stereocenters. The zero-order valence-corrected chi connectivity index (χ0v) is 19.5. The van der Waals surface area contributed by atoms with E-state index < -0.39 is 10.0 Å². The van der Waals surface area contributed by atoms with Crippen LogP contribution < -0.4 is 10.0 Å². The zero-order chi connectivity index (χ0) is 22.9. The molecule has 0 saturated carbocycles. The Bertz CT molecular complexity index is 1170. The predicted molar refractivity (Wildman–Crippen MR) is 135 cm³/mol. The second-order valence-electron chi connectivity index (χ2n) is 8.19. The normalized spacial score (nSPS) is 15.0. The summed E-state index contributed by atoms with van der Waals surface area (Å²) in [6.07, 6.45) is 11.3. The molecule has 1 aliphatic heterocycles. The summed E-state index contributed by atoms with van der Waals surface area (Å²) in [5, 5.41) is 3.32. The van der Waals surface area contributed by atoms with Crippen molar-refractivity contribution in [2.75, 3.05) is 31.5 Å². The van der Waals surface area contributed by atoms with Gasteiger partial charge in [-0.15, -0.1) is 0 Å². The summed E-state index contributed by atoms with van der Waals surface area (Å²) in [7, 11) is -3.56. The number of hydrogen-bond acceptors (Lipinski definition) is 5. The minimum Gasteiger partial charge on any atom is -0.355 e. The van der Waals surface area contributed by atoms with Crippen LogP contribution in [-0.4, -0.2) is 44.5 Å². The molecule has 6 nitrogen and oxygen atoms in total. The maximum absolute atomic E-state index is 12.8. The first kappa shape index (κ1) is 23.2. The van der Waals surface area contributed by atoms with E-state index in [0.717, 1.165) is 42.1 Å². The Hall–Kier alpha value is -3.00. The van der Waals surface area contributed by atoms with E-state index in [9.17, 15) is 8.42 Å². The van der Waals surface area contributed by atoms with Crippen LogP contribution >= 0.6 is 0 Å². The van der Waals surface area contributed by atoms with Gasteiger partial charge in [0.2, 0.25) is 10.0 Å². The molecule has 4 rings (SSSR count). The number of piperidine rings is 1. The maximum atomic E-state index is 12.8. The first-order valence-electron chi connectivity index (χ1n) is 11.4. The molecular weight excluding hydrogens is 432 g/mol. The maximum Gasteiger partial charge on any atom is 0.240 e. The Labute approximate surface area is 196 Å². The second kappa shape index (κ2) is 11.2. The van der Waals surface area contributed by atoms with Gasteiger partial charge >= 0.3 is 0 Å². The molecule has 1 saturated heterocycles. The molecule has 2 aromatic carbocycles. The van der Waals surface area contributed by atoms with Gasteiger partial charge in [-0.25, -0.2) is 13.1 Å². The van der Waals surface area contributed by atoms with Crippen LogP contribution in [0.5, 0.6) is 0 Å². The van der Waals surface area contributed by atoms with E-state index in [1.807, 2.05) is 54.6 Å². The first-order chi connectivity index (χ1) is 16.1. The van der Waals surface area contributed by atoms with E-state index in [4.69, 9.17) is 0 Å². The molecule has 2 heterocycles. The largest absolute Gasteiger partial charge is 0.355 e. The molecule has 1 aromatic heterocycles. The lowest BCUT2D eigenvalue weighted by molar-refractivity contribution is 0.233. The van der Waals surface area contributed by atoms with Crippen molar-refractivity contribution in [1.82, 2.24) is 14.6 Å². The third kappa shape index (κ3) is 6.99. The SMILES string of the molecule is O=S(=O)(NCCN1CCCCC1)c1cccc(Nc2cccc(/C=C/c3ccncc3)c2)c1. The average Bonchev–Trinajstić information content (AvgIpc) is 2.84. The molecule has 3 aromatic rings. The van der Waals surface area contributed by atoms with Crippen molar-refractivity contribution in [3.63, 3.8) is 0 Å². The van der Waals surface area contributed by atoms with Crippen LogP contribution in [0.25, 0.3) is 12.2 Å². The fourth-order valence-corrected chi connectivity index (χ4v) is 4.97. The third-order valence-corrected chi connectivity index (χ3v) is 7.12. The minimum atomic E-state index is -3.56. The van der Waals surface area contributed by atoms with E-state index >= 15 is 0 Å². The van der Waals surface area contributed by atoms with Crippen molar-refractivity contribution in [1.29, 1.82) is 0 Å². The number of nitrogens with one attached hydrogen (secondary N) is 2. The Kier molecular flexibility index (Phi) is 7.88. The van der Waals surface area contributed by atoms with E-state index in [1.54, 1.807) is 30.6 Å². The minimum absolute atomic E-state index is 0.264. The Morgan fingerprint density at radius 3 is 2.33 bits per heavy atom. The van der Waals surface area contributed by atoms with Crippen molar-refractivity contribution < 1.29 is 8.42 Å². The molecule has 1 aliphatic rings. The van der Waals surface area contributed by atoms with Gasteiger partial charge in [-0.05, 0) is 79.5 Å². The van der Waals surface area contributed by atoms with Gasteiger partial charge in [-0.1, -0.05) is 36.8 Å². The quantitative estimate of drug-likeness (QED) is 0.480. The molecule has 1 fully saturated rings. The number of likely N-dealkylation sites (tertiary alicyclic amines) is 1. The van der Waals surface area contributed by atoms with Gasteiger partial charge in [-0.2, -0.15) is 0 Å². The molecule has 172 valence electrons. The summed E-state index contributed by atoms with van der Waals surface area (Å²) in [4.78, 5) is 6.61. The molecule has 2 N–H and O–H groups in total. The molecule has 0 spiro atoms. The lowest BCUT2D eigenvalue weighted by atomic mass is 10.1. The number of sulfonamides is 1. The molecule has 0 bridgehead atoms. The van der Waals surface area contributed by atoms with Gasteiger partial charge in [0.15, 0.2) is 0 Å². The van der Waals surface area contributed by atoms with Crippen molar-refractivity contribution in [3.05, 3.63) is 84.2 Å². The van der Waals surface area contributed by atoms with Gasteiger partial charge in [0.1, 0.15) is 0 Å². The van der Waals surface area contributed by atoms with Crippen LogP contribution in [0.4, 0.5) is 11.4 Å². The Morgan fingerprint density at radius 1 is 0.848 bits per heavy atom. The van der Waals surface area contributed by atoms with E-state index in [-0.39, 0.29) is 4.90 Å². The number of rotatable bonds is 9. The molecule has 0 amide bonds. The summed E-state index contributed by atoms with van der Waals surface area (Å²) in [5.41, 5.74) is 3.73. The van der Waals surface area contributed by atoms with Gasteiger partial charge in [-0.3, -0.25) is 4.98 Å². The lowest BCUT2D eigenvalue weighted by Gasteiger charge is -2.26. The molecular formula is C26H30N4O2S. The highest BCUT2D eigenvalue weighted by Gasteiger charge is 2.16. The number of anilines is 2. The summed E-state index contributed by atoms with van der Waals surface area (Å²) in [6, 6.07) is 18.8. The lowest BCUT2D eigenvalue weighted by Crippen LogP contribution is -2.37. The highest BCUT2D eigenvalue weighted by atomic mass is 32.2. The van der Waals surface area contributed by atoms with Crippen molar-refractivity contribution in [2.45, 2.75) is 24.2 Å². The van der Waals surface area contributed by atoms with E-state index in [0.29, 0.717) is 6.54 Å². The topological polar surface area (TPSA) is 74.3 Å². The molecule has 0 radical (unpaired) electrons. The van der Waals surface area contributed by atoms with Gasteiger partial charge < -0.3 is 10.2 Å². The smallest absolute Gasteiger partial charge is 0.240 e. The van der Waals surface area contributed by atoms with Crippen molar-refractivity contribution in [3.8, 4) is 0 Å². The number of hydrogen-bond donors (Lipinski definition) is 2. The van der Waals surface area contributed by atoms with Crippen LogP contribution in [-0.2, 0) is 10.0 Å². The summed E-state index contributed by atoms with van der Waals surface area (Å²) in [5.74, 6) is 0. The first-order valence-corrected chi connectivity index (χ1v) is 12.8. The van der Waals surface area contributed by atoms with Gasteiger partial charge in [0.25, 0.3) is 0 Å². The highest BCUT2D eigenvalue weighted by molar-refractivity contribution is 7.89. The summed E-state index contributed by atoms with van der Waals surface area (Å²) < 4.78 is 28.3. The number of benzene rings is 2. The highest BCUT2D eigenvalue weighted by Crippen LogP contribution is 2.22. The second-order valence-corrected chi connectivity index (χ2v) is 9.96. The Balaban J connectivity index is 1.39. The summed E-state index contributed by atoms with van der Waals surface area (Å²) in [6.45, 7) is 3.28. The van der Waals surface area contributed by atoms with E-state index in [2.05, 4.69) is 19.9 Å².